The van der Waals surface area contributed by atoms with Gasteiger partial charge in [0.1, 0.15) is 10.7 Å². The smallest absolute Gasteiger partial charge is 0.270 e. The van der Waals surface area contributed by atoms with Crippen LogP contribution in [0.5, 0.6) is 0 Å². The van der Waals surface area contributed by atoms with Gasteiger partial charge in [-0.2, -0.15) is 0 Å². The SMILES string of the molecule is CCCCC(C)(O)CSc1ccc(CC(=O)Nc2nc3c(s2)C(=O)N(c2ccccc2Cl)CC3)c(F)c1. The average molecular weight is 562 g/mol. The van der Waals surface area contributed by atoms with Gasteiger partial charge >= 0.3 is 0 Å². The number of hydrogen-bond donors (Lipinski definition) is 2. The number of unbranched alkanes of at least 4 members (excludes halogenated alkanes) is 1. The van der Waals surface area contributed by atoms with E-state index < -0.39 is 17.3 Å². The van der Waals surface area contributed by atoms with E-state index in [4.69, 9.17) is 11.6 Å². The molecular formula is C27H29ClFN3O3S2. The summed E-state index contributed by atoms with van der Waals surface area (Å²) in [4.78, 5) is 32.9. The topological polar surface area (TPSA) is 82.5 Å². The molecule has 2 N–H and O–H groups in total. The molecule has 10 heteroatoms. The first kappa shape index (κ1) is 27.6. The maximum atomic E-state index is 14.7. The number of amides is 2. The third-order valence-corrected chi connectivity index (χ3v) is 8.77. The van der Waals surface area contributed by atoms with Crippen LogP contribution in [-0.4, -0.2) is 39.8 Å². The zero-order valence-electron chi connectivity index (χ0n) is 20.7. The normalized spacial score (nSPS) is 14.8. The molecule has 37 heavy (non-hydrogen) atoms. The summed E-state index contributed by atoms with van der Waals surface area (Å²) in [5, 5.41) is 14.0. The Kier molecular flexibility index (Phi) is 8.90. The maximum Gasteiger partial charge on any atom is 0.270 e. The van der Waals surface area contributed by atoms with Gasteiger partial charge in [-0.25, -0.2) is 9.37 Å². The van der Waals surface area contributed by atoms with Gasteiger partial charge < -0.3 is 15.3 Å². The van der Waals surface area contributed by atoms with Crippen molar-refractivity contribution in [3.8, 4) is 0 Å². The van der Waals surface area contributed by atoms with Gasteiger partial charge in [0.25, 0.3) is 5.91 Å². The molecule has 1 aliphatic heterocycles. The van der Waals surface area contributed by atoms with Gasteiger partial charge in [-0.1, -0.05) is 60.9 Å². The van der Waals surface area contributed by atoms with Gasteiger partial charge in [-0.15, -0.1) is 11.8 Å². The molecule has 0 saturated heterocycles. The highest BCUT2D eigenvalue weighted by Crippen LogP contribution is 2.34. The molecule has 4 rings (SSSR count). The van der Waals surface area contributed by atoms with Crippen LogP contribution in [0.3, 0.4) is 0 Å². The summed E-state index contributed by atoms with van der Waals surface area (Å²) in [7, 11) is 0. The third-order valence-electron chi connectivity index (χ3n) is 6.09. The monoisotopic (exact) mass is 561 g/mol. The first-order valence-corrected chi connectivity index (χ1v) is 14.3. The summed E-state index contributed by atoms with van der Waals surface area (Å²) in [6, 6.07) is 11.9. The highest BCUT2D eigenvalue weighted by Gasteiger charge is 2.30. The number of anilines is 2. The van der Waals surface area contributed by atoms with Crippen LogP contribution >= 0.6 is 34.7 Å². The fraction of sp³-hybridized carbons (Fsp3) is 0.370. The lowest BCUT2D eigenvalue weighted by Crippen LogP contribution is -2.37. The molecule has 0 radical (unpaired) electrons. The van der Waals surface area contributed by atoms with E-state index in [-0.39, 0.29) is 17.9 Å². The molecule has 2 amide bonds. The molecule has 3 aromatic rings. The Morgan fingerprint density at radius 3 is 2.84 bits per heavy atom. The van der Waals surface area contributed by atoms with Crippen LogP contribution < -0.4 is 10.2 Å². The molecule has 0 saturated carbocycles. The Hall–Kier alpha value is -2.46. The van der Waals surface area contributed by atoms with Crippen LogP contribution in [-0.2, 0) is 17.6 Å². The minimum atomic E-state index is -0.811. The number of nitrogens with one attached hydrogen (secondary N) is 1. The first-order valence-electron chi connectivity index (χ1n) is 12.2. The van der Waals surface area contributed by atoms with E-state index in [9.17, 15) is 19.1 Å². The molecule has 196 valence electrons. The Labute approximate surface area is 229 Å². The van der Waals surface area contributed by atoms with E-state index in [1.54, 1.807) is 42.2 Å². The number of aliphatic hydroxyl groups is 1. The van der Waals surface area contributed by atoms with Crippen molar-refractivity contribution >= 4 is 57.3 Å². The molecule has 0 fully saturated rings. The molecule has 0 bridgehead atoms. The fourth-order valence-corrected chi connectivity index (χ4v) is 6.24. The highest BCUT2D eigenvalue weighted by atomic mass is 35.5. The summed E-state index contributed by atoms with van der Waals surface area (Å²) >= 11 is 8.78. The second-order valence-electron chi connectivity index (χ2n) is 9.32. The standard InChI is InChI=1S/C27H29ClFN3O3S2/c1-3-4-12-27(2,35)16-36-18-10-9-17(20(29)15-18)14-23(33)31-26-30-21-11-13-32(25(34)24(21)37-26)22-8-6-5-7-19(22)28/h5-10,15,35H,3-4,11-14,16H2,1-2H3,(H,30,31,33). The predicted octanol–water partition coefficient (Wildman–Crippen LogP) is 6.35. The van der Waals surface area contributed by atoms with Gasteiger partial charge in [0, 0.05) is 23.6 Å². The lowest BCUT2D eigenvalue weighted by molar-refractivity contribution is -0.115. The van der Waals surface area contributed by atoms with Crippen molar-refractivity contribution in [1.29, 1.82) is 0 Å². The van der Waals surface area contributed by atoms with Gasteiger partial charge in [-0.3, -0.25) is 9.59 Å². The van der Waals surface area contributed by atoms with Crippen molar-refractivity contribution in [2.24, 2.45) is 0 Å². The van der Waals surface area contributed by atoms with E-state index in [0.29, 0.717) is 56.4 Å². The second kappa shape index (κ2) is 11.9. The molecule has 2 aromatic carbocycles. The number of benzene rings is 2. The Bertz CT molecular complexity index is 1300. The number of fused-ring (bicyclic) bond motifs is 1. The van der Waals surface area contributed by atoms with Gasteiger partial charge in [0.15, 0.2) is 5.13 Å². The van der Waals surface area contributed by atoms with Crippen LogP contribution in [0.2, 0.25) is 5.02 Å². The number of rotatable bonds is 10. The zero-order chi connectivity index (χ0) is 26.6. The van der Waals surface area contributed by atoms with Crippen molar-refractivity contribution in [2.45, 2.75) is 56.4 Å². The summed E-state index contributed by atoms with van der Waals surface area (Å²) in [5.41, 5.74) is 0.729. The maximum absolute atomic E-state index is 14.7. The number of thiazole rings is 1. The van der Waals surface area contributed by atoms with Crippen molar-refractivity contribution in [3.05, 3.63) is 69.4 Å². The number of nitrogens with zero attached hydrogens (tertiary/aromatic N) is 2. The van der Waals surface area contributed by atoms with Gasteiger partial charge in [-0.05, 0) is 43.2 Å². The van der Waals surface area contributed by atoms with Crippen molar-refractivity contribution in [3.63, 3.8) is 0 Å². The number of carbonyl (C=O) groups excluding carboxylic acids is 2. The average Bonchev–Trinajstić information content (AvgIpc) is 3.27. The summed E-state index contributed by atoms with van der Waals surface area (Å²) in [5.74, 6) is -0.631. The number of thioether (sulfide) groups is 1. The number of carbonyl (C=O) groups is 2. The molecule has 1 atom stereocenters. The molecule has 0 aliphatic carbocycles. The van der Waals surface area contributed by atoms with E-state index in [2.05, 4.69) is 17.2 Å². The summed E-state index contributed by atoms with van der Waals surface area (Å²) in [6.45, 7) is 4.31. The lowest BCUT2D eigenvalue weighted by atomic mass is 10.0. The first-order chi connectivity index (χ1) is 17.7. The van der Waals surface area contributed by atoms with E-state index in [0.717, 1.165) is 24.2 Å². The fourth-order valence-electron chi connectivity index (χ4n) is 4.05. The highest BCUT2D eigenvalue weighted by molar-refractivity contribution is 7.99. The van der Waals surface area contributed by atoms with E-state index in [1.165, 1.54) is 17.8 Å². The van der Waals surface area contributed by atoms with Crippen LogP contribution in [0.1, 0.15) is 54.0 Å². The largest absolute Gasteiger partial charge is 0.389 e. The number of para-hydroxylation sites is 1. The van der Waals surface area contributed by atoms with Crippen LogP contribution in [0, 0.1) is 5.82 Å². The molecule has 0 spiro atoms. The molecule has 1 aliphatic rings. The lowest BCUT2D eigenvalue weighted by Gasteiger charge is -2.26. The molecule has 1 unspecified atom stereocenters. The Morgan fingerprint density at radius 1 is 1.32 bits per heavy atom. The third kappa shape index (κ3) is 6.90. The van der Waals surface area contributed by atoms with Gasteiger partial charge in [0.2, 0.25) is 5.91 Å². The van der Waals surface area contributed by atoms with Crippen molar-refractivity contribution < 1.29 is 19.1 Å². The number of aromatic nitrogens is 1. The van der Waals surface area contributed by atoms with Crippen molar-refractivity contribution in [1.82, 2.24) is 4.98 Å². The minimum absolute atomic E-state index is 0.158. The zero-order valence-corrected chi connectivity index (χ0v) is 23.1. The van der Waals surface area contributed by atoms with Gasteiger partial charge in [0.05, 0.1) is 28.4 Å². The van der Waals surface area contributed by atoms with Crippen LogP contribution in [0.15, 0.2) is 47.4 Å². The summed E-state index contributed by atoms with van der Waals surface area (Å²) in [6.07, 6.45) is 3.02. The molecular weight excluding hydrogens is 533 g/mol. The Morgan fingerprint density at radius 2 is 2.11 bits per heavy atom. The quantitative estimate of drug-likeness (QED) is 0.282. The number of hydrogen-bond acceptors (Lipinski definition) is 6. The molecule has 2 heterocycles. The minimum Gasteiger partial charge on any atom is -0.389 e. The Balaban J connectivity index is 1.36. The van der Waals surface area contributed by atoms with E-state index >= 15 is 0 Å². The second-order valence-corrected chi connectivity index (χ2v) is 11.8. The summed E-state index contributed by atoms with van der Waals surface area (Å²) < 4.78 is 14.7. The van der Waals surface area contributed by atoms with E-state index in [1.807, 2.05) is 6.07 Å². The van der Waals surface area contributed by atoms with Crippen LogP contribution in [0.4, 0.5) is 15.2 Å². The molecule has 1 aromatic heterocycles. The number of halogens is 2. The predicted molar refractivity (Wildman–Crippen MR) is 149 cm³/mol. The van der Waals surface area contributed by atoms with Crippen molar-refractivity contribution in [2.75, 3.05) is 22.5 Å². The van der Waals surface area contributed by atoms with Crippen LogP contribution in [0.25, 0.3) is 0 Å². The molecule has 6 nitrogen and oxygen atoms in total.